The van der Waals surface area contributed by atoms with E-state index in [9.17, 15) is 0 Å². The van der Waals surface area contributed by atoms with Gasteiger partial charge in [-0.15, -0.1) is 30.8 Å². The van der Waals surface area contributed by atoms with Crippen LogP contribution in [0.25, 0.3) is 5.52 Å². The summed E-state index contributed by atoms with van der Waals surface area (Å²) < 4.78 is 5.75. The minimum Gasteiger partial charge on any atom is -0.471 e. The van der Waals surface area contributed by atoms with Gasteiger partial charge in [0, 0.05) is 37.0 Å². The summed E-state index contributed by atoms with van der Waals surface area (Å²) in [7, 11) is 1.31. The van der Waals surface area contributed by atoms with Crippen LogP contribution in [0.4, 0.5) is 17.6 Å². The van der Waals surface area contributed by atoms with Gasteiger partial charge in [0.25, 0.3) is 6.47 Å². The number of hydrazone groups is 1. The van der Waals surface area contributed by atoms with Gasteiger partial charge in [0.15, 0.2) is 11.6 Å². The van der Waals surface area contributed by atoms with E-state index < -0.39 is 0 Å². The molecule has 13 nitrogen and oxygen atoms in total. The van der Waals surface area contributed by atoms with Crippen molar-refractivity contribution >= 4 is 35.9 Å². The van der Waals surface area contributed by atoms with Crippen molar-refractivity contribution in [2.75, 3.05) is 30.4 Å². The molecule has 0 unspecified atom stereocenters. The van der Waals surface area contributed by atoms with Gasteiger partial charge in [-0.3, -0.25) is 9.89 Å². The van der Waals surface area contributed by atoms with E-state index in [4.69, 9.17) is 9.78 Å². The summed E-state index contributed by atoms with van der Waals surface area (Å²) in [4.78, 5) is 15.9. The maximum atomic E-state index is 8.95. The monoisotopic (exact) mass is 495 g/mol. The third-order valence-electron chi connectivity index (χ3n) is 4.88. The first-order chi connectivity index (χ1) is 17.7. The summed E-state index contributed by atoms with van der Waals surface area (Å²) >= 11 is 0. The van der Waals surface area contributed by atoms with Crippen LogP contribution in [0.1, 0.15) is 37.3 Å². The Morgan fingerprint density at radius 3 is 2.44 bits per heavy atom. The lowest BCUT2D eigenvalue weighted by Crippen LogP contribution is -2.22. The number of rotatable bonds is 6. The highest BCUT2D eigenvalue weighted by Gasteiger charge is 2.25. The molecule has 0 bridgehead atoms. The number of carbonyl (C=O) groups is 1. The normalized spacial score (nSPS) is 13.4. The molecule has 0 atom stereocenters. The maximum absolute atomic E-state index is 8.95. The Kier molecular flexibility index (Phi) is 13.7. The van der Waals surface area contributed by atoms with Gasteiger partial charge in [-0.2, -0.15) is 15.2 Å². The fourth-order valence-corrected chi connectivity index (χ4v) is 3.23. The number of anilines is 3. The minimum atomic E-state index is 0.375. The summed E-state index contributed by atoms with van der Waals surface area (Å²) in [6.45, 7) is 2.43. The molecule has 3 aromatic rings. The number of hydrogen-bond acceptors (Lipinski definition) is 10. The molecule has 36 heavy (non-hydrogen) atoms. The molecule has 1 aliphatic heterocycles. The van der Waals surface area contributed by atoms with Gasteiger partial charge in [-0.1, -0.05) is 0 Å². The molecule has 192 valence electrons. The van der Waals surface area contributed by atoms with Crippen LogP contribution in [-0.4, -0.2) is 57.8 Å². The van der Waals surface area contributed by atoms with Crippen LogP contribution in [-0.2, 0) is 9.53 Å². The van der Waals surface area contributed by atoms with Crippen LogP contribution in [0.5, 0.6) is 0 Å². The van der Waals surface area contributed by atoms with Gasteiger partial charge in [0.1, 0.15) is 11.9 Å². The summed E-state index contributed by atoms with van der Waals surface area (Å²) in [5.41, 5.74) is 4.28. The minimum absolute atomic E-state index is 0.375. The van der Waals surface area contributed by atoms with Gasteiger partial charge in [0.2, 0.25) is 5.95 Å². The first kappa shape index (κ1) is 29.3. The maximum Gasteiger partial charge on any atom is 0.292 e. The van der Waals surface area contributed by atoms with E-state index in [0.29, 0.717) is 12.4 Å². The van der Waals surface area contributed by atoms with Crippen LogP contribution in [0.3, 0.4) is 0 Å². The molecule has 5 rings (SSSR count). The van der Waals surface area contributed by atoms with Gasteiger partial charge >= 0.3 is 0 Å². The molecule has 0 aromatic carbocycles. The number of nitrogens with two attached hydrogens (primary N) is 2. The highest BCUT2D eigenvalue weighted by molar-refractivity contribution is 5.73. The van der Waals surface area contributed by atoms with E-state index in [0.717, 1.165) is 36.2 Å². The van der Waals surface area contributed by atoms with Gasteiger partial charge in [-0.25, -0.2) is 10.4 Å². The Bertz CT molecular complexity index is 1090. The van der Waals surface area contributed by atoms with Crippen molar-refractivity contribution in [3.05, 3.63) is 30.1 Å². The number of nitrogens with one attached hydrogen (secondary N) is 3. The van der Waals surface area contributed by atoms with Gasteiger partial charge in [-0.05, 0) is 37.8 Å². The van der Waals surface area contributed by atoms with Gasteiger partial charge < -0.3 is 26.2 Å². The molecular formula is C23H33N11O2. The van der Waals surface area contributed by atoms with E-state index in [1.807, 2.05) is 22.8 Å². The van der Waals surface area contributed by atoms with Crippen molar-refractivity contribution < 1.29 is 9.53 Å². The van der Waals surface area contributed by atoms with Crippen molar-refractivity contribution in [2.24, 2.45) is 16.8 Å². The number of ether oxygens (including phenoxy) is 1. The van der Waals surface area contributed by atoms with Crippen molar-refractivity contribution in [3.63, 3.8) is 0 Å². The van der Waals surface area contributed by atoms with Crippen molar-refractivity contribution in [1.29, 1.82) is 0 Å². The number of fused-ring (bicyclic) bond motifs is 1. The van der Waals surface area contributed by atoms with Gasteiger partial charge in [0.05, 0.1) is 7.11 Å². The molecule has 2 fully saturated rings. The number of aromatic amines is 1. The summed E-state index contributed by atoms with van der Waals surface area (Å²) in [6.07, 6.45) is 24.1. The smallest absolute Gasteiger partial charge is 0.292 e. The molecule has 1 saturated heterocycles. The highest BCUT2D eigenvalue weighted by Crippen LogP contribution is 2.39. The summed E-state index contributed by atoms with van der Waals surface area (Å²) in [5, 5.41) is 18.5. The Morgan fingerprint density at radius 1 is 1.25 bits per heavy atom. The SMILES string of the molecule is C#C.C#C.COC=O.N/N=C\NN.c1cc2c(Nc3cc(C4CC4)[nH]n3)nc(N3CCCC3)nn2c1. The molecular weight excluding hydrogens is 462 g/mol. The van der Waals surface area contributed by atoms with E-state index >= 15 is 0 Å². The quantitative estimate of drug-likeness (QED) is 0.0836. The zero-order chi connectivity index (χ0) is 26.8. The number of aromatic nitrogens is 5. The van der Waals surface area contributed by atoms with Crippen LogP contribution in [0.2, 0.25) is 0 Å². The van der Waals surface area contributed by atoms with Crippen LogP contribution >= 0.6 is 0 Å². The molecule has 13 heteroatoms. The molecule has 0 spiro atoms. The average molecular weight is 496 g/mol. The Morgan fingerprint density at radius 2 is 1.92 bits per heavy atom. The van der Waals surface area contributed by atoms with E-state index in [1.165, 1.54) is 44.8 Å². The summed E-state index contributed by atoms with van der Waals surface area (Å²) in [6, 6.07) is 6.10. The van der Waals surface area contributed by atoms with Crippen molar-refractivity contribution in [3.8, 4) is 25.7 Å². The Balaban J connectivity index is 0.000000425. The standard InChI is InChI=1S/C16H19N7.C2H4O2.2C2H2.CH6N4/c1-2-8-22(7-1)16-18-15(13-4-3-9-23(13)21-16)17-14-10-12(19-20-14)11-5-6-11;1-4-2-3;2*1-2;2-4-1-5-3/h3-4,9-11H,1-2,5-8H2,(H2,17,18,19,20,21);2H,1H3;2*1-2H;1H,2-3H2,(H,4,5). The number of nitrogens with zero attached hydrogens (tertiary/aromatic N) is 6. The molecule has 1 aliphatic carbocycles. The second-order valence-electron chi connectivity index (χ2n) is 7.18. The van der Waals surface area contributed by atoms with Crippen LogP contribution in [0.15, 0.2) is 29.5 Å². The molecule has 3 aromatic heterocycles. The van der Waals surface area contributed by atoms with Crippen molar-refractivity contribution in [2.45, 2.75) is 31.6 Å². The third-order valence-corrected chi connectivity index (χ3v) is 4.88. The first-order valence-corrected chi connectivity index (χ1v) is 10.9. The average Bonchev–Trinajstić information content (AvgIpc) is 3.30. The lowest BCUT2D eigenvalue weighted by atomic mass is 10.3. The fraction of sp³-hybridized carbons (Fsp3) is 0.348. The molecule has 4 heterocycles. The summed E-state index contributed by atoms with van der Waals surface area (Å²) in [5.74, 6) is 12.3. The molecule has 7 N–H and O–H groups in total. The fourth-order valence-electron chi connectivity index (χ4n) is 3.23. The number of carbonyl (C=O) groups excluding carboxylic acids is 1. The first-order valence-electron chi connectivity index (χ1n) is 10.9. The predicted molar refractivity (Wildman–Crippen MR) is 141 cm³/mol. The Labute approximate surface area is 210 Å². The topological polar surface area (TPSA) is 177 Å². The number of hydrogen-bond donors (Lipinski definition) is 5. The Hall–Kier alpha value is -4.75. The molecule has 2 aliphatic rings. The lowest BCUT2D eigenvalue weighted by Gasteiger charge is -2.16. The number of methoxy groups -OCH3 is 1. The van der Waals surface area contributed by atoms with E-state index in [1.54, 1.807) is 0 Å². The zero-order valence-corrected chi connectivity index (χ0v) is 20.2. The third kappa shape index (κ3) is 8.89. The molecule has 0 radical (unpaired) electrons. The number of terminal acetylenes is 2. The number of H-pyrrole nitrogens is 1. The molecule has 1 saturated carbocycles. The highest BCUT2D eigenvalue weighted by atomic mass is 16.5. The largest absolute Gasteiger partial charge is 0.471 e. The number of hydrazine groups is 1. The van der Waals surface area contributed by atoms with Crippen molar-refractivity contribution in [1.82, 2.24) is 30.2 Å². The zero-order valence-electron chi connectivity index (χ0n) is 20.2. The predicted octanol–water partition coefficient (Wildman–Crippen LogP) is 1.31. The van der Waals surface area contributed by atoms with Crippen LogP contribution in [0, 0.1) is 25.7 Å². The lowest BCUT2D eigenvalue weighted by molar-refractivity contribution is -0.126. The van der Waals surface area contributed by atoms with Crippen LogP contribution < -0.4 is 27.3 Å². The second kappa shape index (κ2) is 16.8. The second-order valence-corrected chi connectivity index (χ2v) is 7.18. The van der Waals surface area contributed by atoms with E-state index in [2.05, 4.69) is 84.2 Å². The van der Waals surface area contributed by atoms with E-state index in [-0.39, 0.29) is 0 Å². The molecule has 0 amide bonds.